The number of hydrogen-bond donors (Lipinski definition) is 1. The maximum atomic E-state index is 10.6. The summed E-state index contributed by atoms with van der Waals surface area (Å²) in [6.45, 7) is 11.0. The van der Waals surface area contributed by atoms with Gasteiger partial charge in [0.15, 0.2) is 8.32 Å². The van der Waals surface area contributed by atoms with E-state index in [1.807, 2.05) is 0 Å². The molecular formula is C12H28OSi. The molecule has 0 saturated heterocycles. The van der Waals surface area contributed by atoms with Gasteiger partial charge in [0.25, 0.3) is 0 Å². The molecule has 1 N–H and O–H groups in total. The van der Waals surface area contributed by atoms with Gasteiger partial charge in [-0.2, -0.15) is 0 Å². The fourth-order valence-corrected chi connectivity index (χ4v) is 5.38. The van der Waals surface area contributed by atoms with Crippen molar-refractivity contribution in [3.05, 3.63) is 0 Å². The van der Waals surface area contributed by atoms with E-state index in [1.165, 1.54) is 25.7 Å². The average molecular weight is 216 g/mol. The van der Waals surface area contributed by atoms with Gasteiger partial charge < -0.3 is 4.80 Å². The topological polar surface area (TPSA) is 20.2 Å². The fourth-order valence-electron chi connectivity index (χ4n) is 2.08. The molecule has 0 aliphatic heterocycles. The Bertz CT molecular complexity index is 135. The highest BCUT2D eigenvalue weighted by atomic mass is 28.4. The molecule has 0 aliphatic rings. The van der Waals surface area contributed by atoms with Crippen molar-refractivity contribution in [3.63, 3.8) is 0 Å². The Kier molecular flexibility index (Phi) is 6.71. The molecule has 0 rings (SSSR count). The van der Waals surface area contributed by atoms with Crippen LogP contribution in [0.1, 0.15) is 60.3 Å². The lowest BCUT2D eigenvalue weighted by molar-refractivity contribution is 0.482. The highest BCUT2D eigenvalue weighted by Gasteiger charge is 2.37. The maximum Gasteiger partial charge on any atom is 0.193 e. The molecule has 0 amide bonds. The predicted molar refractivity (Wildman–Crippen MR) is 67.1 cm³/mol. The molecular weight excluding hydrogens is 188 g/mol. The van der Waals surface area contributed by atoms with Crippen molar-refractivity contribution in [1.82, 2.24) is 0 Å². The highest BCUT2D eigenvalue weighted by Crippen LogP contribution is 2.34. The van der Waals surface area contributed by atoms with Crippen LogP contribution in [0.4, 0.5) is 0 Å². The highest BCUT2D eigenvalue weighted by molar-refractivity contribution is 6.75. The lowest BCUT2D eigenvalue weighted by Gasteiger charge is -2.33. The van der Waals surface area contributed by atoms with Gasteiger partial charge in [-0.3, -0.25) is 0 Å². The monoisotopic (exact) mass is 216 g/mol. The zero-order chi connectivity index (χ0) is 11.2. The van der Waals surface area contributed by atoms with E-state index in [0.717, 1.165) is 6.04 Å². The van der Waals surface area contributed by atoms with Gasteiger partial charge in [-0.1, -0.05) is 60.3 Å². The lowest BCUT2D eigenvalue weighted by atomic mass is 10.2. The minimum absolute atomic E-state index is 0.504. The van der Waals surface area contributed by atoms with Gasteiger partial charge in [0, 0.05) is 0 Å². The molecule has 2 heteroatoms. The predicted octanol–water partition coefficient (Wildman–Crippen LogP) is 4.32. The van der Waals surface area contributed by atoms with Gasteiger partial charge in [0.2, 0.25) is 0 Å². The SMILES string of the molecule is CCCCCC[Si](O)(C(C)C)C(C)C. The van der Waals surface area contributed by atoms with Gasteiger partial charge in [-0.15, -0.1) is 0 Å². The molecule has 1 nitrogen and oxygen atoms in total. The minimum atomic E-state index is -1.95. The molecule has 0 radical (unpaired) electrons. The van der Waals surface area contributed by atoms with E-state index in [-0.39, 0.29) is 0 Å². The second kappa shape index (κ2) is 6.62. The Morgan fingerprint density at radius 2 is 1.43 bits per heavy atom. The van der Waals surface area contributed by atoms with Crippen LogP contribution in [0.3, 0.4) is 0 Å². The van der Waals surface area contributed by atoms with Crippen molar-refractivity contribution < 1.29 is 4.80 Å². The van der Waals surface area contributed by atoms with Crippen LogP contribution in [0.2, 0.25) is 17.1 Å². The first kappa shape index (κ1) is 14.2. The fraction of sp³-hybridized carbons (Fsp3) is 1.00. The van der Waals surface area contributed by atoms with E-state index in [1.54, 1.807) is 0 Å². The third-order valence-corrected chi connectivity index (χ3v) is 8.58. The van der Waals surface area contributed by atoms with Crippen molar-refractivity contribution >= 4 is 8.32 Å². The van der Waals surface area contributed by atoms with Crippen LogP contribution in [-0.4, -0.2) is 13.1 Å². The molecule has 0 fully saturated rings. The molecule has 0 unspecified atom stereocenters. The van der Waals surface area contributed by atoms with E-state index in [2.05, 4.69) is 34.6 Å². The smallest absolute Gasteiger partial charge is 0.193 e. The van der Waals surface area contributed by atoms with Crippen molar-refractivity contribution in [2.75, 3.05) is 0 Å². The van der Waals surface area contributed by atoms with E-state index in [0.29, 0.717) is 11.1 Å². The van der Waals surface area contributed by atoms with Crippen LogP contribution in [0.25, 0.3) is 0 Å². The zero-order valence-electron chi connectivity index (χ0n) is 10.6. The van der Waals surface area contributed by atoms with Crippen molar-refractivity contribution in [1.29, 1.82) is 0 Å². The molecule has 0 aromatic carbocycles. The summed E-state index contributed by atoms with van der Waals surface area (Å²) < 4.78 is 0. The standard InChI is InChI=1S/C12H28OSi/c1-6-7-8-9-10-14(13,11(2)3)12(4)5/h11-13H,6-10H2,1-5H3. The molecule has 0 aliphatic carbocycles. The maximum absolute atomic E-state index is 10.6. The minimum Gasteiger partial charge on any atom is -0.431 e. The third-order valence-electron chi connectivity index (χ3n) is 3.43. The van der Waals surface area contributed by atoms with E-state index in [4.69, 9.17) is 0 Å². The summed E-state index contributed by atoms with van der Waals surface area (Å²) in [6, 6.07) is 1.10. The molecule has 86 valence electrons. The average Bonchev–Trinajstić information content (AvgIpc) is 2.11. The Morgan fingerprint density at radius 1 is 0.929 bits per heavy atom. The molecule has 0 atom stereocenters. The second-order valence-electron chi connectivity index (χ2n) is 5.11. The van der Waals surface area contributed by atoms with Gasteiger partial charge in [0.05, 0.1) is 0 Å². The van der Waals surface area contributed by atoms with E-state index >= 15 is 0 Å². The summed E-state index contributed by atoms with van der Waals surface area (Å²) in [6.07, 6.45) is 5.13. The first-order valence-electron chi connectivity index (χ1n) is 6.17. The first-order chi connectivity index (χ1) is 6.45. The molecule has 0 spiro atoms. The van der Waals surface area contributed by atoms with Crippen LogP contribution in [-0.2, 0) is 0 Å². The Hall–Kier alpha value is 0.177. The van der Waals surface area contributed by atoms with Gasteiger partial charge >= 0.3 is 0 Å². The van der Waals surface area contributed by atoms with Gasteiger partial charge in [0.1, 0.15) is 0 Å². The van der Waals surface area contributed by atoms with Crippen LogP contribution >= 0.6 is 0 Å². The van der Waals surface area contributed by atoms with Crippen molar-refractivity contribution in [3.8, 4) is 0 Å². The Balaban J connectivity index is 3.98. The number of rotatable bonds is 7. The summed E-state index contributed by atoms with van der Waals surface area (Å²) in [5.74, 6) is 0. The summed E-state index contributed by atoms with van der Waals surface area (Å²) in [5.41, 5.74) is 1.01. The molecule has 0 bridgehead atoms. The van der Waals surface area contributed by atoms with E-state index < -0.39 is 8.32 Å². The quantitative estimate of drug-likeness (QED) is 0.496. The molecule has 0 heterocycles. The zero-order valence-corrected chi connectivity index (χ0v) is 11.6. The van der Waals surface area contributed by atoms with Gasteiger partial charge in [-0.25, -0.2) is 0 Å². The molecule has 0 saturated carbocycles. The third kappa shape index (κ3) is 4.14. The number of unbranched alkanes of at least 4 members (excludes halogenated alkanes) is 3. The van der Waals surface area contributed by atoms with E-state index in [9.17, 15) is 4.80 Å². The summed E-state index contributed by atoms with van der Waals surface area (Å²) in [5, 5.41) is 0. The molecule has 14 heavy (non-hydrogen) atoms. The van der Waals surface area contributed by atoms with Crippen LogP contribution in [0.15, 0.2) is 0 Å². The first-order valence-corrected chi connectivity index (χ1v) is 8.48. The molecule has 0 aromatic heterocycles. The van der Waals surface area contributed by atoms with Crippen LogP contribution in [0.5, 0.6) is 0 Å². The summed E-state index contributed by atoms with van der Waals surface area (Å²) >= 11 is 0. The summed E-state index contributed by atoms with van der Waals surface area (Å²) in [7, 11) is -1.95. The Morgan fingerprint density at radius 3 is 1.79 bits per heavy atom. The van der Waals surface area contributed by atoms with Gasteiger partial charge in [-0.05, 0) is 17.1 Å². The normalized spacial score (nSPS) is 12.9. The largest absolute Gasteiger partial charge is 0.431 e. The Labute approximate surface area is 91.1 Å². The molecule has 0 aromatic rings. The van der Waals surface area contributed by atoms with Crippen LogP contribution < -0.4 is 0 Å². The number of hydrogen-bond acceptors (Lipinski definition) is 1. The van der Waals surface area contributed by atoms with Crippen molar-refractivity contribution in [2.45, 2.75) is 77.4 Å². The van der Waals surface area contributed by atoms with Crippen molar-refractivity contribution in [2.24, 2.45) is 0 Å². The summed E-state index contributed by atoms with van der Waals surface area (Å²) in [4.78, 5) is 10.6. The second-order valence-corrected chi connectivity index (χ2v) is 9.90. The van der Waals surface area contributed by atoms with Crippen LogP contribution in [0, 0.1) is 0 Å². The lowest BCUT2D eigenvalue weighted by Crippen LogP contribution is -2.41.